The molecule has 0 bridgehead atoms. The number of pyridine rings is 1. The molecule has 0 saturated carbocycles. The quantitative estimate of drug-likeness (QED) is 0.702. The van der Waals surface area contributed by atoms with Crippen molar-refractivity contribution in [1.82, 2.24) is 10.3 Å². The van der Waals surface area contributed by atoms with Crippen molar-refractivity contribution in [1.29, 1.82) is 0 Å². The van der Waals surface area contributed by atoms with Gasteiger partial charge in [0.25, 0.3) is 11.8 Å². The summed E-state index contributed by atoms with van der Waals surface area (Å²) >= 11 is 1.51. The Morgan fingerprint density at radius 2 is 2.13 bits per heavy atom. The van der Waals surface area contributed by atoms with Gasteiger partial charge < -0.3 is 20.1 Å². The van der Waals surface area contributed by atoms with Gasteiger partial charge in [0.2, 0.25) is 5.88 Å². The first-order chi connectivity index (χ1) is 14.7. The highest BCUT2D eigenvalue weighted by atomic mass is 32.1. The number of aryl methyl sites for hydroxylation is 1. The van der Waals surface area contributed by atoms with Gasteiger partial charge in [0.1, 0.15) is 10.6 Å². The van der Waals surface area contributed by atoms with E-state index in [4.69, 9.17) is 9.47 Å². The average Bonchev–Trinajstić information content (AvgIpc) is 3.40. The lowest BCUT2D eigenvalue weighted by atomic mass is 9.95. The van der Waals surface area contributed by atoms with E-state index in [1.807, 2.05) is 6.92 Å². The number of carbonyl (C=O) groups is 2. The standard InChI is InChI=1S/C22H27N3O4S/c1-2-28-21-16(9-5-11-23-21)19(26)25-22-18(15-8-3-4-10-17(15)30-22)20(27)24-13-14-7-6-12-29-14/h5,9,11,14H,2-4,6-8,10,12-13H2,1H3,(H,24,27)(H,25,26). The summed E-state index contributed by atoms with van der Waals surface area (Å²) in [5.41, 5.74) is 2.03. The molecule has 160 valence electrons. The number of hydrogen-bond acceptors (Lipinski definition) is 6. The number of anilines is 1. The summed E-state index contributed by atoms with van der Waals surface area (Å²) in [7, 11) is 0. The van der Waals surface area contributed by atoms with Crippen LogP contribution in [-0.4, -0.2) is 42.7 Å². The van der Waals surface area contributed by atoms with Crippen LogP contribution in [0.25, 0.3) is 0 Å². The van der Waals surface area contributed by atoms with Crippen molar-refractivity contribution >= 4 is 28.2 Å². The van der Waals surface area contributed by atoms with Crippen molar-refractivity contribution in [2.75, 3.05) is 25.1 Å². The van der Waals surface area contributed by atoms with Crippen LogP contribution in [0.1, 0.15) is 63.8 Å². The van der Waals surface area contributed by atoms with Crippen molar-refractivity contribution in [3.63, 3.8) is 0 Å². The molecule has 1 aliphatic heterocycles. The second kappa shape index (κ2) is 9.57. The predicted octanol–water partition coefficient (Wildman–Crippen LogP) is 3.58. The summed E-state index contributed by atoms with van der Waals surface area (Å²) in [4.78, 5) is 31.4. The monoisotopic (exact) mass is 429 g/mol. The van der Waals surface area contributed by atoms with Crippen molar-refractivity contribution in [2.45, 2.75) is 51.6 Å². The molecule has 8 heteroatoms. The number of nitrogens with one attached hydrogen (secondary N) is 2. The zero-order valence-electron chi connectivity index (χ0n) is 17.2. The number of aromatic nitrogens is 1. The first-order valence-corrected chi connectivity index (χ1v) is 11.4. The molecule has 0 spiro atoms. The number of fused-ring (bicyclic) bond motifs is 1. The topological polar surface area (TPSA) is 89.5 Å². The van der Waals surface area contributed by atoms with Crippen molar-refractivity contribution < 1.29 is 19.1 Å². The molecule has 30 heavy (non-hydrogen) atoms. The SMILES string of the molecule is CCOc1ncccc1C(=O)Nc1sc2c(c1C(=O)NCC1CCCO1)CCCC2. The lowest BCUT2D eigenvalue weighted by Gasteiger charge is -2.15. The van der Waals surface area contributed by atoms with Gasteiger partial charge in [-0.2, -0.15) is 0 Å². The Labute approximate surface area is 180 Å². The number of amides is 2. The van der Waals surface area contributed by atoms with E-state index >= 15 is 0 Å². The van der Waals surface area contributed by atoms with E-state index in [0.29, 0.717) is 35.2 Å². The smallest absolute Gasteiger partial charge is 0.261 e. The third kappa shape index (κ3) is 4.49. The van der Waals surface area contributed by atoms with E-state index in [1.54, 1.807) is 18.3 Å². The molecular weight excluding hydrogens is 402 g/mol. The Balaban J connectivity index is 1.57. The molecule has 2 N–H and O–H groups in total. The Kier molecular flexibility index (Phi) is 6.64. The minimum atomic E-state index is -0.321. The van der Waals surface area contributed by atoms with Crippen molar-refractivity contribution in [2.24, 2.45) is 0 Å². The average molecular weight is 430 g/mol. The zero-order chi connectivity index (χ0) is 20.9. The van der Waals surface area contributed by atoms with Crippen LogP contribution in [-0.2, 0) is 17.6 Å². The maximum atomic E-state index is 13.1. The van der Waals surface area contributed by atoms with E-state index < -0.39 is 0 Å². The molecule has 2 aliphatic rings. The molecule has 3 heterocycles. The van der Waals surface area contributed by atoms with Crippen LogP contribution in [0, 0.1) is 0 Å². The molecule has 4 rings (SSSR count). The minimum absolute atomic E-state index is 0.0746. The minimum Gasteiger partial charge on any atom is -0.477 e. The number of ether oxygens (including phenoxy) is 2. The number of carbonyl (C=O) groups excluding carboxylic acids is 2. The number of hydrogen-bond donors (Lipinski definition) is 2. The van der Waals surface area contributed by atoms with Gasteiger partial charge in [-0.15, -0.1) is 11.3 Å². The van der Waals surface area contributed by atoms with Gasteiger partial charge in [0, 0.05) is 24.2 Å². The van der Waals surface area contributed by atoms with Crippen LogP contribution in [0.4, 0.5) is 5.00 Å². The van der Waals surface area contributed by atoms with Crippen LogP contribution in [0.5, 0.6) is 5.88 Å². The molecule has 7 nitrogen and oxygen atoms in total. The zero-order valence-corrected chi connectivity index (χ0v) is 18.0. The summed E-state index contributed by atoms with van der Waals surface area (Å²) in [5.74, 6) is -0.169. The van der Waals surface area contributed by atoms with Gasteiger partial charge in [-0.3, -0.25) is 9.59 Å². The fraction of sp³-hybridized carbons (Fsp3) is 0.500. The molecular formula is C22H27N3O4S. The first-order valence-electron chi connectivity index (χ1n) is 10.6. The summed E-state index contributed by atoms with van der Waals surface area (Å²) in [6, 6.07) is 3.38. The Bertz CT molecular complexity index is 921. The van der Waals surface area contributed by atoms with Gasteiger partial charge in [0.05, 0.1) is 18.3 Å². The maximum Gasteiger partial charge on any atom is 0.261 e. The molecule has 0 aromatic carbocycles. The molecule has 1 aliphatic carbocycles. The van der Waals surface area contributed by atoms with Crippen LogP contribution in [0.3, 0.4) is 0 Å². The molecule has 1 unspecified atom stereocenters. The molecule has 1 fully saturated rings. The Morgan fingerprint density at radius 1 is 1.27 bits per heavy atom. The molecule has 2 aromatic rings. The molecule has 1 saturated heterocycles. The normalized spacial score (nSPS) is 18.0. The second-order valence-corrected chi connectivity index (χ2v) is 8.61. The van der Waals surface area contributed by atoms with E-state index in [2.05, 4.69) is 15.6 Å². The van der Waals surface area contributed by atoms with Crippen molar-refractivity contribution in [3.05, 3.63) is 39.9 Å². The van der Waals surface area contributed by atoms with Crippen LogP contribution >= 0.6 is 11.3 Å². The highest BCUT2D eigenvalue weighted by Gasteiger charge is 2.28. The van der Waals surface area contributed by atoms with E-state index in [9.17, 15) is 9.59 Å². The first kappa shape index (κ1) is 20.8. The Hall–Kier alpha value is -2.45. The fourth-order valence-corrected chi connectivity index (χ4v) is 5.26. The number of rotatable bonds is 7. The summed E-state index contributed by atoms with van der Waals surface area (Å²) in [6.07, 6.45) is 7.63. The molecule has 0 radical (unpaired) electrons. The van der Waals surface area contributed by atoms with Crippen LogP contribution in [0.2, 0.25) is 0 Å². The fourth-order valence-electron chi connectivity index (χ4n) is 3.98. The molecule has 2 amide bonds. The lowest BCUT2D eigenvalue weighted by molar-refractivity contribution is 0.0858. The van der Waals surface area contributed by atoms with Crippen LogP contribution < -0.4 is 15.4 Å². The van der Waals surface area contributed by atoms with Crippen molar-refractivity contribution in [3.8, 4) is 5.88 Å². The van der Waals surface area contributed by atoms with Gasteiger partial charge in [-0.05, 0) is 63.1 Å². The summed E-state index contributed by atoms with van der Waals surface area (Å²) < 4.78 is 11.1. The van der Waals surface area contributed by atoms with E-state index in [1.165, 1.54) is 16.2 Å². The van der Waals surface area contributed by atoms with E-state index in [-0.39, 0.29) is 17.9 Å². The summed E-state index contributed by atoms with van der Waals surface area (Å²) in [6.45, 7) is 3.51. The predicted molar refractivity (Wildman–Crippen MR) is 116 cm³/mol. The van der Waals surface area contributed by atoms with Gasteiger partial charge in [0.15, 0.2) is 0 Å². The van der Waals surface area contributed by atoms with Gasteiger partial charge in [-0.1, -0.05) is 0 Å². The van der Waals surface area contributed by atoms with Gasteiger partial charge >= 0.3 is 0 Å². The number of thiophene rings is 1. The molecule has 1 atom stereocenters. The molecule has 2 aromatic heterocycles. The van der Waals surface area contributed by atoms with E-state index in [0.717, 1.165) is 50.7 Å². The highest BCUT2D eigenvalue weighted by Crippen LogP contribution is 2.38. The number of nitrogens with zero attached hydrogens (tertiary/aromatic N) is 1. The van der Waals surface area contributed by atoms with Crippen LogP contribution in [0.15, 0.2) is 18.3 Å². The third-order valence-electron chi connectivity index (χ3n) is 5.44. The largest absolute Gasteiger partial charge is 0.477 e. The highest BCUT2D eigenvalue weighted by molar-refractivity contribution is 7.17. The Morgan fingerprint density at radius 3 is 2.93 bits per heavy atom. The second-order valence-electron chi connectivity index (χ2n) is 7.50. The third-order valence-corrected chi connectivity index (χ3v) is 6.64. The summed E-state index contributed by atoms with van der Waals surface area (Å²) in [5, 5.41) is 6.58. The van der Waals surface area contributed by atoms with Gasteiger partial charge in [-0.25, -0.2) is 4.98 Å². The lowest BCUT2D eigenvalue weighted by Crippen LogP contribution is -2.32. The maximum absolute atomic E-state index is 13.1.